The number of hydrogen-bond donors (Lipinski definition) is 2. The van der Waals surface area contributed by atoms with E-state index in [4.69, 9.17) is 4.74 Å². The minimum Gasteiger partial charge on any atom is -0.378 e. The zero-order valence-corrected chi connectivity index (χ0v) is 14.4. The molecule has 0 saturated carbocycles. The highest BCUT2D eigenvalue weighted by molar-refractivity contribution is 5.84. The van der Waals surface area contributed by atoms with Gasteiger partial charge in [0.25, 0.3) is 0 Å². The highest BCUT2D eigenvalue weighted by Gasteiger charge is 2.13. The lowest BCUT2D eigenvalue weighted by molar-refractivity contribution is -0.127. The first kappa shape index (κ1) is 18.7. The fourth-order valence-electron chi connectivity index (χ4n) is 2.28. The average molecular weight is 312 g/mol. The SMILES string of the molecule is CCCNC(=NCC(=O)N(C)C)NCCCC1CCCCO1. The molecule has 0 radical (unpaired) electrons. The molecule has 0 aliphatic carbocycles. The van der Waals surface area contributed by atoms with Crippen LogP contribution < -0.4 is 10.6 Å². The first-order valence-corrected chi connectivity index (χ1v) is 8.47. The van der Waals surface area contributed by atoms with Crippen LogP contribution in [0.2, 0.25) is 0 Å². The third kappa shape index (κ3) is 8.22. The van der Waals surface area contributed by atoms with Gasteiger partial charge < -0.3 is 20.3 Å². The van der Waals surface area contributed by atoms with E-state index in [-0.39, 0.29) is 12.5 Å². The number of guanidine groups is 1. The third-order valence-electron chi connectivity index (χ3n) is 3.68. The second kappa shape index (κ2) is 11.3. The van der Waals surface area contributed by atoms with Gasteiger partial charge >= 0.3 is 0 Å². The van der Waals surface area contributed by atoms with E-state index in [0.717, 1.165) is 44.9 Å². The summed E-state index contributed by atoms with van der Waals surface area (Å²) in [7, 11) is 3.49. The van der Waals surface area contributed by atoms with Gasteiger partial charge in [0, 0.05) is 33.8 Å². The molecule has 0 aromatic rings. The highest BCUT2D eigenvalue weighted by atomic mass is 16.5. The van der Waals surface area contributed by atoms with Crippen LogP contribution in [0.4, 0.5) is 0 Å². The predicted molar refractivity (Wildman–Crippen MR) is 90.1 cm³/mol. The van der Waals surface area contributed by atoms with Gasteiger partial charge in [0.2, 0.25) is 5.91 Å². The van der Waals surface area contributed by atoms with Gasteiger partial charge in [0.15, 0.2) is 5.96 Å². The number of ether oxygens (including phenoxy) is 1. The Labute approximate surface area is 134 Å². The molecule has 1 aliphatic heterocycles. The molecule has 128 valence electrons. The van der Waals surface area contributed by atoms with E-state index in [1.165, 1.54) is 19.3 Å². The Kier molecular flexibility index (Phi) is 9.62. The summed E-state index contributed by atoms with van der Waals surface area (Å²) in [6.45, 7) is 4.91. The first-order chi connectivity index (χ1) is 10.6. The molecule has 0 bridgehead atoms. The Bertz CT molecular complexity index is 339. The van der Waals surface area contributed by atoms with Gasteiger partial charge in [-0.3, -0.25) is 4.79 Å². The molecule has 22 heavy (non-hydrogen) atoms. The van der Waals surface area contributed by atoms with Crippen LogP contribution >= 0.6 is 0 Å². The summed E-state index contributed by atoms with van der Waals surface area (Å²) in [5.74, 6) is 0.731. The van der Waals surface area contributed by atoms with Gasteiger partial charge in [0.05, 0.1) is 6.10 Å². The maximum atomic E-state index is 11.6. The van der Waals surface area contributed by atoms with E-state index >= 15 is 0 Å². The van der Waals surface area contributed by atoms with Crippen molar-refractivity contribution in [3.05, 3.63) is 0 Å². The maximum Gasteiger partial charge on any atom is 0.243 e. The van der Waals surface area contributed by atoms with Crippen molar-refractivity contribution in [3.8, 4) is 0 Å². The molecule has 1 aliphatic rings. The lowest BCUT2D eigenvalue weighted by Crippen LogP contribution is -2.39. The van der Waals surface area contributed by atoms with E-state index in [1.807, 2.05) is 0 Å². The van der Waals surface area contributed by atoms with Gasteiger partial charge in [0.1, 0.15) is 6.54 Å². The quantitative estimate of drug-likeness (QED) is 0.404. The predicted octanol–water partition coefficient (Wildman–Crippen LogP) is 1.37. The zero-order chi connectivity index (χ0) is 16.2. The van der Waals surface area contributed by atoms with Crippen LogP contribution in [0.1, 0.15) is 45.4 Å². The van der Waals surface area contributed by atoms with Crippen LogP contribution in [0, 0.1) is 0 Å². The van der Waals surface area contributed by atoms with E-state index in [1.54, 1.807) is 19.0 Å². The number of carbonyl (C=O) groups excluding carboxylic acids is 1. The molecule has 1 saturated heterocycles. The molecule has 6 heteroatoms. The lowest BCUT2D eigenvalue weighted by atomic mass is 10.0. The van der Waals surface area contributed by atoms with Crippen molar-refractivity contribution in [1.82, 2.24) is 15.5 Å². The summed E-state index contributed by atoms with van der Waals surface area (Å²) in [5.41, 5.74) is 0. The topological polar surface area (TPSA) is 66.0 Å². The number of amides is 1. The van der Waals surface area contributed by atoms with Gasteiger partial charge in [-0.05, 0) is 38.5 Å². The van der Waals surface area contributed by atoms with Crippen molar-refractivity contribution in [1.29, 1.82) is 0 Å². The molecule has 2 N–H and O–H groups in total. The zero-order valence-electron chi connectivity index (χ0n) is 14.4. The van der Waals surface area contributed by atoms with Crippen molar-refractivity contribution >= 4 is 11.9 Å². The first-order valence-electron chi connectivity index (χ1n) is 8.47. The van der Waals surface area contributed by atoms with Crippen molar-refractivity contribution < 1.29 is 9.53 Å². The molecule has 1 amide bonds. The van der Waals surface area contributed by atoms with Crippen molar-refractivity contribution in [2.75, 3.05) is 40.3 Å². The summed E-state index contributed by atoms with van der Waals surface area (Å²) in [6.07, 6.45) is 7.27. The summed E-state index contributed by atoms with van der Waals surface area (Å²) in [6, 6.07) is 0. The van der Waals surface area contributed by atoms with Crippen molar-refractivity contribution in [2.24, 2.45) is 4.99 Å². The van der Waals surface area contributed by atoms with E-state index in [9.17, 15) is 4.79 Å². The Hall–Kier alpha value is -1.30. The third-order valence-corrected chi connectivity index (χ3v) is 3.68. The second-order valence-corrected chi connectivity index (χ2v) is 5.94. The molecule has 1 atom stereocenters. The number of carbonyl (C=O) groups is 1. The number of aliphatic imine (C=N–C) groups is 1. The van der Waals surface area contributed by atoms with Crippen molar-refractivity contribution in [2.45, 2.75) is 51.6 Å². The molecule has 0 aromatic heterocycles. The molecule has 0 aromatic carbocycles. The van der Waals surface area contributed by atoms with Crippen LogP contribution in [0.25, 0.3) is 0 Å². The minimum atomic E-state index is 0.00760. The van der Waals surface area contributed by atoms with Crippen LogP contribution in [0.3, 0.4) is 0 Å². The molecular weight excluding hydrogens is 280 g/mol. The van der Waals surface area contributed by atoms with E-state index in [0.29, 0.717) is 6.10 Å². The van der Waals surface area contributed by atoms with E-state index < -0.39 is 0 Å². The van der Waals surface area contributed by atoms with Gasteiger partial charge in [-0.25, -0.2) is 4.99 Å². The summed E-state index contributed by atoms with van der Waals surface area (Å²) in [4.78, 5) is 17.5. The number of hydrogen-bond acceptors (Lipinski definition) is 3. The van der Waals surface area contributed by atoms with Crippen LogP contribution in [0.15, 0.2) is 4.99 Å². The fraction of sp³-hybridized carbons (Fsp3) is 0.875. The monoisotopic (exact) mass is 312 g/mol. The van der Waals surface area contributed by atoms with Gasteiger partial charge in [-0.15, -0.1) is 0 Å². The average Bonchev–Trinajstić information content (AvgIpc) is 2.53. The van der Waals surface area contributed by atoms with Crippen LogP contribution in [-0.2, 0) is 9.53 Å². The summed E-state index contributed by atoms with van der Waals surface area (Å²) in [5, 5.41) is 6.54. The smallest absolute Gasteiger partial charge is 0.243 e. The Morgan fingerprint density at radius 1 is 1.27 bits per heavy atom. The summed E-state index contributed by atoms with van der Waals surface area (Å²) < 4.78 is 5.73. The van der Waals surface area contributed by atoms with Crippen LogP contribution in [0.5, 0.6) is 0 Å². The van der Waals surface area contributed by atoms with E-state index in [2.05, 4.69) is 22.5 Å². The molecule has 1 rings (SSSR count). The number of rotatable bonds is 8. The number of likely N-dealkylation sites (N-methyl/N-ethyl adjacent to an activating group) is 1. The van der Waals surface area contributed by atoms with Crippen molar-refractivity contribution in [3.63, 3.8) is 0 Å². The minimum absolute atomic E-state index is 0.00760. The second-order valence-electron chi connectivity index (χ2n) is 5.94. The normalized spacial score (nSPS) is 18.9. The molecular formula is C16H32N4O2. The highest BCUT2D eigenvalue weighted by Crippen LogP contribution is 2.16. The Balaban J connectivity index is 2.27. The van der Waals surface area contributed by atoms with Crippen LogP contribution in [-0.4, -0.2) is 63.2 Å². The molecule has 6 nitrogen and oxygen atoms in total. The standard InChI is InChI=1S/C16H32N4O2/c1-4-10-17-16(19-13-15(21)20(2)3)18-11-7-9-14-8-5-6-12-22-14/h14H,4-13H2,1-3H3,(H2,17,18,19). The lowest BCUT2D eigenvalue weighted by Gasteiger charge is -2.22. The molecule has 1 heterocycles. The maximum absolute atomic E-state index is 11.6. The molecule has 1 unspecified atom stereocenters. The number of nitrogens with one attached hydrogen (secondary N) is 2. The summed E-state index contributed by atoms with van der Waals surface area (Å²) >= 11 is 0. The fourth-order valence-corrected chi connectivity index (χ4v) is 2.28. The number of nitrogens with zero attached hydrogens (tertiary/aromatic N) is 2. The molecule has 1 fully saturated rings. The Morgan fingerprint density at radius 2 is 2.05 bits per heavy atom. The molecule has 0 spiro atoms. The Morgan fingerprint density at radius 3 is 2.68 bits per heavy atom. The largest absolute Gasteiger partial charge is 0.378 e. The van der Waals surface area contributed by atoms with Gasteiger partial charge in [-0.2, -0.15) is 0 Å². The van der Waals surface area contributed by atoms with Gasteiger partial charge in [-0.1, -0.05) is 6.92 Å².